The van der Waals surface area contributed by atoms with E-state index in [1.165, 1.54) is 6.26 Å². The molecule has 0 aliphatic rings. The van der Waals surface area contributed by atoms with Gasteiger partial charge >= 0.3 is 0 Å². The number of furan rings is 1. The smallest absolute Gasteiger partial charge is 0.291 e. The second-order valence-corrected chi connectivity index (χ2v) is 5.72. The van der Waals surface area contributed by atoms with Crippen molar-refractivity contribution >= 4 is 29.0 Å². The van der Waals surface area contributed by atoms with Gasteiger partial charge in [0.25, 0.3) is 5.91 Å². The summed E-state index contributed by atoms with van der Waals surface area (Å²) in [5.74, 6) is 1.34. The van der Waals surface area contributed by atoms with Gasteiger partial charge in [-0.25, -0.2) is 4.98 Å². The summed E-state index contributed by atoms with van der Waals surface area (Å²) in [6.07, 6.45) is 1.46. The first kappa shape index (κ1) is 16.5. The summed E-state index contributed by atoms with van der Waals surface area (Å²) in [7, 11) is 3.87. The molecule has 0 fully saturated rings. The van der Waals surface area contributed by atoms with Gasteiger partial charge in [-0.05, 0) is 43.3 Å². The molecule has 25 heavy (non-hydrogen) atoms. The zero-order chi connectivity index (χ0) is 17.8. The molecule has 7 heteroatoms. The van der Waals surface area contributed by atoms with Crippen molar-refractivity contribution in [1.29, 1.82) is 0 Å². The second-order valence-electron chi connectivity index (χ2n) is 5.72. The third-order valence-corrected chi connectivity index (χ3v) is 3.44. The fraction of sp³-hybridized carbons (Fsp3) is 0.167. The number of nitrogens with one attached hydrogen (secondary N) is 2. The maximum absolute atomic E-state index is 11.9. The first-order valence-corrected chi connectivity index (χ1v) is 7.76. The highest BCUT2D eigenvalue weighted by atomic mass is 16.3. The first-order valence-electron chi connectivity index (χ1n) is 7.76. The number of anilines is 4. The molecule has 7 nitrogen and oxygen atoms in total. The monoisotopic (exact) mass is 337 g/mol. The van der Waals surface area contributed by atoms with Crippen LogP contribution in [0.15, 0.2) is 53.1 Å². The molecule has 2 N–H and O–H groups in total. The summed E-state index contributed by atoms with van der Waals surface area (Å²) < 4.78 is 5.07. The standard InChI is InChI=1S/C18H19N5O2/c1-12-11-16(23(2)3)22-18(19-12)21-14-8-6-13(7-9-14)20-17(24)15-5-4-10-25-15/h4-11H,1-3H3,(H,20,24)(H,19,21,22). The molecule has 3 rings (SSSR count). The van der Waals surface area contributed by atoms with Crippen LogP contribution >= 0.6 is 0 Å². The van der Waals surface area contributed by atoms with Crippen molar-refractivity contribution in [3.63, 3.8) is 0 Å². The topological polar surface area (TPSA) is 83.3 Å². The Bertz CT molecular complexity index is 858. The van der Waals surface area contributed by atoms with E-state index in [9.17, 15) is 4.79 Å². The van der Waals surface area contributed by atoms with Crippen LogP contribution < -0.4 is 15.5 Å². The van der Waals surface area contributed by atoms with E-state index in [-0.39, 0.29) is 11.7 Å². The predicted molar refractivity (Wildman–Crippen MR) is 97.5 cm³/mol. The molecule has 2 aromatic heterocycles. The molecule has 3 aromatic rings. The molecule has 128 valence electrons. The Balaban J connectivity index is 1.70. The van der Waals surface area contributed by atoms with E-state index in [1.54, 1.807) is 24.3 Å². The van der Waals surface area contributed by atoms with Gasteiger partial charge in [-0.3, -0.25) is 4.79 Å². The fourth-order valence-electron chi connectivity index (χ4n) is 2.20. The van der Waals surface area contributed by atoms with E-state index in [4.69, 9.17) is 4.42 Å². The number of carbonyl (C=O) groups is 1. The van der Waals surface area contributed by atoms with Gasteiger partial charge in [0, 0.05) is 37.2 Å². The van der Waals surface area contributed by atoms with E-state index in [2.05, 4.69) is 20.6 Å². The number of amides is 1. The molecule has 0 spiro atoms. The molecular formula is C18H19N5O2. The Kier molecular flexibility index (Phi) is 4.65. The zero-order valence-electron chi connectivity index (χ0n) is 14.3. The number of rotatable bonds is 5. The van der Waals surface area contributed by atoms with Crippen molar-refractivity contribution in [3.8, 4) is 0 Å². The second kappa shape index (κ2) is 7.04. The van der Waals surface area contributed by atoms with E-state index >= 15 is 0 Å². The lowest BCUT2D eigenvalue weighted by atomic mass is 10.2. The van der Waals surface area contributed by atoms with Gasteiger partial charge in [-0.2, -0.15) is 4.98 Å². The molecule has 0 bridgehead atoms. The molecule has 0 radical (unpaired) electrons. The summed E-state index contributed by atoms with van der Waals surface area (Å²) in [6.45, 7) is 1.92. The lowest BCUT2D eigenvalue weighted by molar-refractivity contribution is 0.0996. The number of hydrogen-bond donors (Lipinski definition) is 2. The van der Waals surface area contributed by atoms with E-state index in [0.717, 1.165) is 17.2 Å². The van der Waals surface area contributed by atoms with Gasteiger partial charge in [0.05, 0.1) is 6.26 Å². The van der Waals surface area contributed by atoms with Crippen LogP contribution in [0.3, 0.4) is 0 Å². The van der Waals surface area contributed by atoms with Crippen LogP contribution in [-0.4, -0.2) is 30.0 Å². The van der Waals surface area contributed by atoms with Crippen molar-refractivity contribution in [2.45, 2.75) is 6.92 Å². The van der Waals surface area contributed by atoms with Crippen molar-refractivity contribution in [3.05, 3.63) is 60.2 Å². The van der Waals surface area contributed by atoms with Crippen LogP contribution in [0.4, 0.5) is 23.1 Å². The summed E-state index contributed by atoms with van der Waals surface area (Å²) in [6, 6.07) is 12.5. The van der Waals surface area contributed by atoms with Crippen LogP contribution in [0.25, 0.3) is 0 Å². The Morgan fingerprint density at radius 3 is 2.44 bits per heavy atom. The highest BCUT2D eigenvalue weighted by Crippen LogP contribution is 2.19. The van der Waals surface area contributed by atoms with Crippen LogP contribution in [0, 0.1) is 6.92 Å². The van der Waals surface area contributed by atoms with Crippen LogP contribution in [0.1, 0.15) is 16.2 Å². The average Bonchev–Trinajstić information content (AvgIpc) is 3.11. The number of nitrogens with zero attached hydrogens (tertiary/aromatic N) is 3. The molecular weight excluding hydrogens is 318 g/mol. The first-order chi connectivity index (χ1) is 12.0. The molecule has 2 heterocycles. The third kappa shape index (κ3) is 4.14. The van der Waals surface area contributed by atoms with E-state index in [1.807, 2.05) is 44.1 Å². The zero-order valence-corrected chi connectivity index (χ0v) is 14.3. The third-order valence-electron chi connectivity index (χ3n) is 3.44. The molecule has 1 amide bonds. The van der Waals surface area contributed by atoms with E-state index in [0.29, 0.717) is 11.6 Å². The number of aryl methyl sites for hydroxylation is 1. The summed E-state index contributed by atoms with van der Waals surface area (Å²) in [4.78, 5) is 22.7. The molecule has 0 saturated carbocycles. The van der Waals surface area contributed by atoms with Crippen LogP contribution in [0.2, 0.25) is 0 Å². The van der Waals surface area contributed by atoms with E-state index < -0.39 is 0 Å². The van der Waals surface area contributed by atoms with Crippen LogP contribution in [0.5, 0.6) is 0 Å². The normalized spacial score (nSPS) is 10.4. The number of benzene rings is 1. The summed E-state index contributed by atoms with van der Waals surface area (Å²) in [5, 5.41) is 5.94. The lowest BCUT2D eigenvalue weighted by Gasteiger charge is -2.14. The molecule has 0 unspecified atom stereocenters. The minimum Gasteiger partial charge on any atom is -0.459 e. The van der Waals surface area contributed by atoms with Gasteiger partial charge < -0.3 is 20.0 Å². The maximum Gasteiger partial charge on any atom is 0.291 e. The highest BCUT2D eigenvalue weighted by Gasteiger charge is 2.09. The van der Waals surface area contributed by atoms with Crippen molar-refractivity contribution in [2.75, 3.05) is 29.6 Å². The molecule has 0 aliphatic heterocycles. The summed E-state index contributed by atoms with van der Waals surface area (Å²) in [5.41, 5.74) is 2.38. The number of hydrogen-bond acceptors (Lipinski definition) is 6. The van der Waals surface area contributed by atoms with Crippen molar-refractivity contribution in [2.24, 2.45) is 0 Å². The van der Waals surface area contributed by atoms with Crippen molar-refractivity contribution < 1.29 is 9.21 Å². The Hall–Kier alpha value is -3.35. The quantitative estimate of drug-likeness (QED) is 0.742. The average molecular weight is 337 g/mol. The Labute approximate surface area is 145 Å². The maximum atomic E-state index is 11.9. The Morgan fingerprint density at radius 1 is 1.08 bits per heavy atom. The van der Waals surface area contributed by atoms with Gasteiger partial charge in [-0.15, -0.1) is 0 Å². The predicted octanol–water partition coefficient (Wildman–Crippen LogP) is 3.44. The molecule has 0 saturated heterocycles. The van der Waals surface area contributed by atoms with Crippen LogP contribution in [-0.2, 0) is 0 Å². The SMILES string of the molecule is Cc1cc(N(C)C)nc(Nc2ccc(NC(=O)c3ccco3)cc2)n1. The van der Waals surface area contributed by atoms with Gasteiger partial charge in [0.15, 0.2) is 5.76 Å². The molecule has 0 aliphatic carbocycles. The number of carbonyl (C=O) groups excluding carboxylic acids is 1. The van der Waals surface area contributed by atoms with Crippen molar-refractivity contribution in [1.82, 2.24) is 9.97 Å². The lowest BCUT2D eigenvalue weighted by Crippen LogP contribution is -2.12. The fourth-order valence-corrected chi connectivity index (χ4v) is 2.20. The number of aromatic nitrogens is 2. The minimum atomic E-state index is -0.289. The van der Waals surface area contributed by atoms with Gasteiger partial charge in [0.1, 0.15) is 5.82 Å². The van der Waals surface area contributed by atoms with Gasteiger partial charge in [-0.1, -0.05) is 0 Å². The molecule has 1 aromatic carbocycles. The highest BCUT2D eigenvalue weighted by molar-refractivity contribution is 6.02. The Morgan fingerprint density at radius 2 is 1.80 bits per heavy atom. The molecule has 0 atom stereocenters. The summed E-state index contributed by atoms with van der Waals surface area (Å²) >= 11 is 0. The minimum absolute atomic E-state index is 0.270. The van der Waals surface area contributed by atoms with Gasteiger partial charge in [0.2, 0.25) is 5.95 Å². The largest absolute Gasteiger partial charge is 0.459 e.